The molecule has 3 heterocycles. The van der Waals surface area contributed by atoms with Crippen LogP contribution in [0.2, 0.25) is 0 Å². The van der Waals surface area contributed by atoms with Gasteiger partial charge in [-0.05, 0) is 43.4 Å². The SMILES string of the molecule is NC(=O)CN1CCC(NC(=O)N2CCC[C@H]2c2ccncc2)CC1. The van der Waals surface area contributed by atoms with E-state index in [4.69, 9.17) is 5.73 Å². The quantitative estimate of drug-likeness (QED) is 0.857. The monoisotopic (exact) mass is 331 g/mol. The molecule has 2 aliphatic rings. The summed E-state index contributed by atoms with van der Waals surface area (Å²) in [6, 6.07) is 4.29. The second-order valence-corrected chi connectivity index (χ2v) is 6.60. The normalized spacial score (nSPS) is 22.5. The maximum atomic E-state index is 12.7. The van der Waals surface area contributed by atoms with Gasteiger partial charge in [0, 0.05) is 38.1 Å². The highest BCUT2D eigenvalue weighted by atomic mass is 16.2. The Morgan fingerprint density at radius 3 is 2.54 bits per heavy atom. The van der Waals surface area contributed by atoms with Crippen LogP contribution in [0.15, 0.2) is 24.5 Å². The van der Waals surface area contributed by atoms with Crippen LogP contribution in [0, 0.1) is 0 Å². The molecule has 0 aromatic carbocycles. The molecule has 0 unspecified atom stereocenters. The number of carbonyl (C=O) groups is 2. The maximum absolute atomic E-state index is 12.7. The van der Waals surface area contributed by atoms with Gasteiger partial charge in [-0.3, -0.25) is 14.7 Å². The molecule has 130 valence electrons. The average Bonchev–Trinajstić information content (AvgIpc) is 3.07. The third-order valence-electron chi connectivity index (χ3n) is 4.90. The highest BCUT2D eigenvalue weighted by molar-refractivity contribution is 5.76. The zero-order valence-electron chi connectivity index (χ0n) is 13.9. The topological polar surface area (TPSA) is 91.6 Å². The lowest BCUT2D eigenvalue weighted by Gasteiger charge is -2.33. The van der Waals surface area contributed by atoms with Crippen LogP contribution in [0.4, 0.5) is 4.79 Å². The first-order valence-corrected chi connectivity index (χ1v) is 8.61. The van der Waals surface area contributed by atoms with Crippen LogP contribution in [0.3, 0.4) is 0 Å². The van der Waals surface area contributed by atoms with Crippen LogP contribution in [0.1, 0.15) is 37.3 Å². The highest BCUT2D eigenvalue weighted by Gasteiger charge is 2.31. The van der Waals surface area contributed by atoms with E-state index in [2.05, 4.69) is 10.3 Å². The number of nitrogens with one attached hydrogen (secondary N) is 1. The van der Waals surface area contributed by atoms with Gasteiger partial charge in [0.15, 0.2) is 0 Å². The first-order valence-electron chi connectivity index (χ1n) is 8.61. The summed E-state index contributed by atoms with van der Waals surface area (Å²) in [5.41, 5.74) is 6.38. The van der Waals surface area contributed by atoms with Crippen molar-refractivity contribution in [3.8, 4) is 0 Å². The molecule has 0 radical (unpaired) electrons. The molecule has 7 nitrogen and oxygen atoms in total. The van der Waals surface area contributed by atoms with E-state index in [9.17, 15) is 9.59 Å². The standard InChI is InChI=1S/C17H25N5O2/c18-16(23)12-21-10-5-14(6-11-21)20-17(24)22-9-1-2-15(22)13-3-7-19-8-4-13/h3-4,7-8,14-15H,1-2,5-6,9-12H2,(H2,18,23)(H,20,24)/t15-/m0/s1. The summed E-state index contributed by atoms with van der Waals surface area (Å²) in [6.45, 7) is 2.68. The van der Waals surface area contributed by atoms with Gasteiger partial charge in [-0.25, -0.2) is 4.79 Å². The number of aromatic nitrogens is 1. The highest BCUT2D eigenvalue weighted by Crippen LogP contribution is 2.31. The molecule has 2 aliphatic heterocycles. The largest absolute Gasteiger partial charge is 0.369 e. The molecule has 1 atom stereocenters. The molecule has 24 heavy (non-hydrogen) atoms. The zero-order valence-corrected chi connectivity index (χ0v) is 13.9. The van der Waals surface area contributed by atoms with E-state index in [1.165, 1.54) is 0 Å². The first-order chi connectivity index (χ1) is 11.6. The van der Waals surface area contributed by atoms with Gasteiger partial charge in [0.25, 0.3) is 0 Å². The molecule has 2 saturated heterocycles. The summed E-state index contributed by atoms with van der Waals surface area (Å²) in [7, 11) is 0. The van der Waals surface area contributed by atoms with Crippen molar-refractivity contribution in [2.45, 2.75) is 37.8 Å². The molecular formula is C17H25N5O2. The van der Waals surface area contributed by atoms with Crippen LogP contribution in [0.25, 0.3) is 0 Å². The Labute approximate surface area is 142 Å². The Bertz CT molecular complexity index is 572. The lowest BCUT2D eigenvalue weighted by atomic mass is 10.0. The molecule has 3 rings (SSSR count). The zero-order chi connectivity index (χ0) is 16.9. The van der Waals surface area contributed by atoms with Gasteiger partial charge in [0.1, 0.15) is 0 Å². The van der Waals surface area contributed by atoms with Crippen molar-refractivity contribution in [3.05, 3.63) is 30.1 Å². The Morgan fingerprint density at radius 2 is 1.88 bits per heavy atom. The number of likely N-dealkylation sites (tertiary alicyclic amines) is 2. The molecule has 2 fully saturated rings. The number of hydrogen-bond acceptors (Lipinski definition) is 4. The molecule has 0 saturated carbocycles. The Kier molecular flexibility index (Phi) is 5.30. The molecule has 1 aromatic rings. The van der Waals surface area contributed by atoms with Gasteiger partial charge in [0.05, 0.1) is 12.6 Å². The number of hydrogen-bond donors (Lipinski definition) is 2. The van der Waals surface area contributed by atoms with E-state index in [0.717, 1.165) is 50.9 Å². The van der Waals surface area contributed by atoms with Crippen molar-refractivity contribution in [3.63, 3.8) is 0 Å². The summed E-state index contributed by atoms with van der Waals surface area (Å²) in [5.74, 6) is -0.297. The number of amides is 3. The summed E-state index contributed by atoms with van der Waals surface area (Å²) in [6.07, 6.45) is 7.28. The number of piperidine rings is 1. The molecule has 3 N–H and O–H groups in total. The number of pyridine rings is 1. The van der Waals surface area contributed by atoms with Gasteiger partial charge in [-0.15, -0.1) is 0 Å². The number of nitrogens with two attached hydrogens (primary N) is 1. The average molecular weight is 331 g/mol. The minimum absolute atomic E-state index is 0.0164. The molecule has 0 bridgehead atoms. The van der Waals surface area contributed by atoms with E-state index in [-0.39, 0.29) is 24.0 Å². The molecule has 1 aromatic heterocycles. The third-order valence-corrected chi connectivity index (χ3v) is 4.90. The summed E-state index contributed by atoms with van der Waals surface area (Å²) in [4.78, 5) is 31.7. The van der Waals surface area contributed by atoms with Crippen molar-refractivity contribution >= 4 is 11.9 Å². The molecule has 7 heteroatoms. The van der Waals surface area contributed by atoms with Crippen molar-refractivity contribution in [1.29, 1.82) is 0 Å². The predicted molar refractivity (Wildman–Crippen MR) is 90.1 cm³/mol. The van der Waals surface area contributed by atoms with E-state index < -0.39 is 0 Å². The maximum Gasteiger partial charge on any atom is 0.318 e. The fraction of sp³-hybridized carbons (Fsp3) is 0.588. The Morgan fingerprint density at radius 1 is 1.17 bits per heavy atom. The van der Waals surface area contributed by atoms with Crippen molar-refractivity contribution in [1.82, 2.24) is 20.1 Å². The first kappa shape index (κ1) is 16.7. The van der Waals surface area contributed by atoms with E-state index in [1.807, 2.05) is 21.9 Å². The lowest BCUT2D eigenvalue weighted by Crippen LogP contribution is -2.50. The molecule has 0 aliphatic carbocycles. The number of nitrogens with zero attached hydrogens (tertiary/aromatic N) is 3. The minimum atomic E-state index is -0.297. The second-order valence-electron chi connectivity index (χ2n) is 6.60. The summed E-state index contributed by atoms with van der Waals surface area (Å²) >= 11 is 0. The number of carbonyl (C=O) groups excluding carboxylic acids is 2. The number of urea groups is 1. The minimum Gasteiger partial charge on any atom is -0.369 e. The molecule has 0 spiro atoms. The van der Waals surface area contributed by atoms with E-state index in [0.29, 0.717) is 6.54 Å². The third kappa shape index (κ3) is 4.03. The van der Waals surface area contributed by atoms with Crippen LogP contribution >= 0.6 is 0 Å². The number of primary amides is 1. The summed E-state index contributed by atoms with van der Waals surface area (Å²) in [5, 5.41) is 3.16. The lowest BCUT2D eigenvalue weighted by molar-refractivity contribution is -0.119. The van der Waals surface area contributed by atoms with Crippen LogP contribution in [-0.2, 0) is 4.79 Å². The van der Waals surface area contributed by atoms with Crippen LogP contribution < -0.4 is 11.1 Å². The van der Waals surface area contributed by atoms with Crippen molar-refractivity contribution in [2.24, 2.45) is 5.73 Å². The van der Waals surface area contributed by atoms with Crippen LogP contribution in [0.5, 0.6) is 0 Å². The van der Waals surface area contributed by atoms with Gasteiger partial charge in [-0.2, -0.15) is 0 Å². The number of rotatable bonds is 4. The second kappa shape index (κ2) is 7.61. The van der Waals surface area contributed by atoms with Gasteiger partial charge in [0.2, 0.25) is 5.91 Å². The Balaban J connectivity index is 1.53. The van der Waals surface area contributed by atoms with Gasteiger partial charge < -0.3 is 16.0 Å². The Hall–Kier alpha value is -2.15. The summed E-state index contributed by atoms with van der Waals surface area (Å²) < 4.78 is 0. The fourth-order valence-corrected chi connectivity index (χ4v) is 3.66. The van der Waals surface area contributed by atoms with Crippen molar-refractivity contribution < 1.29 is 9.59 Å². The van der Waals surface area contributed by atoms with E-state index >= 15 is 0 Å². The van der Waals surface area contributed by atoms with E-state index in [1.54, 1.807) is 12.4 Å². The fourth-order valence-electron chi connectivity index (χ4n) is 3.66. The van der Waals surface area contributed by atoms with Crippen molar-refractivity contribution in [2.75, 3.05) is 26.2 Å². The van der Waals surface area contributed by atoms with Gasteiger partial charge >= 0.3 is 6.03 Å². The van der Waals surface area contributed by atoms with Gasteiger partial charge in [-0.1, -0.05) is 0 Å². The predicted octanol–water partition coefficient (Wildman–Crippen LogP) is 0.878. The van der Waals surface area contributed by atoms with Crippen LogP contribution in [-0.4, -0.2) is 58.9 Å². The molecular weight excluding hydrogens is 306 g/mol. The molecule has 3 amide bonds. The smallest absolute Gasteiger partial charge is 0.318 e.